The number of fused-ring (bicyclic) bond motifs is 3. The van der Waals surface area contributed by atoms with Crippen molar-refractivity contribution < 1.29 is 4.39 Å². The van der Waals surface area contributed by atoms with Gasteiger partial charge in [-0.1, -0.05) is 6.07 Å². The van der Waals surface area contributed by atoms with Crippen LogP contribution in [0.2, 0.25) is 0 Å². The molecule has 1 aliphatic heterocycles. The standard InChI is InChI=1S/C13H15FN2/c1-7-3-4-9(14)13-11(7)12-8(2)15-6-5-10(12)16-13/h3-4,8,15-16H,5-6H2,1-2H3. The monoisotopic (exact) mass is 218 g/mol. The van der Waals surface area contributed by atoms with Gasteiger partial charge in [-0.2, -0.15) is 0 Å². The molecule has 3 rings (SSSR count). The lowest BCUT2D eigenvalue weighted by Gasteiger charge is -2.21. The van der Waals surface area contributed by atoms with Crippen LogP contribution in [0.15, 0.2) is 12.1 Å². The molecule has 2 heterocycles. The van der Waals surface area contributed by atoms with Crippen LogP contribution in [0.4, 0.5) is 4.39 Å². The Labute approximate surface area is 93.9 Å². The van der Waals surface area contributed by atoms with Gasteiger partial charge in [0.05, 0.1) is 5.52 Å². The first-order chi connectivity index (χ1) is 7.68. The van der Waals surface area contributed by atoms with Crippen molar-refractivity contribution in [1.82, 2.24) is 10.3 Å². The summed E-state index contributed by atoms with van der Waals surface area (Å²) in [5.41, 5.74) is 4.25. The van der Waals surface area contributed by atoms with Gasteiger partial charge in [0.15, 0.2) is 0 Å². The molecule has 1 aromatic carbocycles. The van der Waals surface area contributed by atoms with Crippen LogP contribution < -0.4 is 5.32 Å². The van der Waals surface area contributed by atoms with Gasteiger partial charge in [0, 0.05) is 30.1 Å². The molecule has 1 atom stereocenters. The van der Waals surface area contributed by atoms with Crippen LogP contribution in [-0.4, -0.2) is 11.5 Å². The zero-order valence-electron chi connectivity index (χ0n) is 9.52. The predicted molar refractivity (Wildman–Crippen MR) is 63.1 cm³/mol. The highest BCUT2D eigenvalue weighted by Gasteiger charge is 2.23. The summed E-state index contributed by atoms with van der Waals surface area (Å²) < 4.78 is 13.7. The highest BCUT2D eigenvalue weighted by atomic mass is 19.1. The summed E-state index contributed by atoms with van der Waals surface area (Å²) in [6.07, 6.45) is 0.952. The van der Waals surface area contributed by atoms with Gasteiger partial charge < -0.3 is 10.3 Å². The van der Waals surface area contributed by atoms with Crippen molar-refractivity contribution in [3.63, 3.8) is 0 Å². The maximum atomic E-state index is 13.7. The molecule has 0 saturated carbocycles. The molecule has 0 spiro atoms. The van der Waals surface area contributed by atoms with Gasteiger partial charge in [0.1, 0.15) is 5.82 Å². The summed E-state index contributed by atoms with van der Waals surface area (Å²) in [7, 11) is 0. The lowest BCUT2D eigenvalue weighted by Crippen LogP contribution is -2.27. The number of benzene rings is 1. The van der Waals surface area contributed by atoms with Gasteiger partial charge in [0.25, 0.3) is 0 Å². The minimum Gasteiger partial charge on any atom is -0.356 e. The average Bonchev–Trinajstić information content (AvgIpc) is 2.65. The van der Waals surface area contributed by atoms with Gasteiger partial charge >= 0.3 is 0 Å². The topological polar surface area (TPSA) is 27.8 Å². The summed E-state index contributed by atoms with van der Waals surface area (Å²) in [5.74, 6) is -0.151. The van der Waals surface area contributed by atoms with E-state index in [4.69, 9.17) is 0 Å². The van der Waals surface area contributed by atoms with Crippen LogP contribution in [0.3, 0.4) is 0 Å². The molecule has 0 amide bonds. The highest BCUT2D eigenvalue weighted by Crippen LogP contribution is 2.33. The van der Waals surface area contributed by atoms with Crippen LogP contribution in [0.25, 0.3) is 10.9 Å². The van der Waals surface area contributed by atoms with Crippen LogP contribution >= 0.6 is 0 Å². The molecule has 0 saturated heterocycles. The summed E-state index contributed by atoms with van der Waals surface area (Å²) in [6, 6.07) is 3.70. The number of nitrogens with one attached hydrogen (secondary N) is 2. The van der Waals surface area contributed by atoms with Crippen LogP contribution in [-0.2, 0) is 6.42 Å². The Hall–Kier alpha value is -1.35. The number of aromatic nitrogens is 1. The largest absolute Gasteiger partial charge is 0.356 e. The van der Waals surface area contributed by atoms with Gasteiger partial charge in [-0.3, -0.25) is 0 Å². The van der Waals surface area contributed by atoms with Gasteiger partial charge in [-0.25, -0.2) is 4.39 Å². The second-order valence-corrected chi connectivity index (χ2v) is 4.56. The lowest BCUT2D eigenvalue weighted by molar-refractivity contribution is 0.541. The van der Waals surface area contributed by atoms with E-state index in [1.165, 1.54) is 17.3 Å². The van der Waals surface area contributed by atoms with E-state index in [0.29, 0.717) is 11.6 Å². The van der Waals surface area contributed by atoms with Crippen molar-refractivity contribution in [2.24, 2.45) is 0 Å². The van der Waals surface area contributed by atoms with Gasteiger partial charge in [-0.15, -0.1) is 0 Å². The zero-order chi connectivity index (χ0) is 11.3. The van der Waals surface area contributed by atoms with Crippen molar-refractivity contribution in [3.05, 3.63) is 34.8 Å². The molecule has 1 aliphatic rings. The van der Waals surface area contributed by atoms with E-state index < -0.39 is 0 Å². The quantitative estimate of drug-likeness (QED) is 0.699. The number of aryl methyl sites for hydroxylation is 1. The number of aromatic amines is 1. The van der Waals surface area contributed by atoms with Crippen molar-refractivity contribution in [1.29, 1.82) is 0 Å². The highest BCUT2D eigenvalue weighted by molar-refractivity contribution is 5.89. The Morgan fingerprint density at radius 3 is 3.00 bits per heavy atom. The molecule has 0 bridgehead atoms. The van der Waals surface area contributed by atoms with Crippen molar-refractivity contribution >= 4 is 10.9 Å². The normalized spacial score (nSPS) is 20.1. The van der Waals surface area contributed by atoms with Gasteiger partial charge in [0.2, 0.25) is 0 Å². The number of hydrogen-bond acceptors (Lipinski definition) is 1. The van der Waals surface area contributed by atoms with E-state index in [0.717, 1.165) is 23.9 Å². The van der Waals surface area contributed by atoms with E-state index in [9.17, 15) is 4.39 Å². The molecular formula is C13H15FN2. The molecule has 2 N–H and O–H groups in total. The molecular weight excluding hydrogens is 203 g/mol. The molecule has 1 unspecified atom stereocenters. The second kappa shape index (κ2) is 3.32. The first-order valence-corrected chi connectivity index (χ1v) is 5.71. The first-order valence-electron chi connectivity index (χ1n) is 5.71. The molecule has 2 nitrogen and oxygen atoms in total. The smallest absolute Gasteiger partial charge is 0.147 e. The average molecular weight is 218 g/mol. The fourth-order valence-electron chi connectivity index (χ4n) is 2.71. The first kappa shape index (κ1) is 9.85. The number of rotatable bonds is 0. The summed E-state index contributed by atoms with van der Waals surface area (Å²) in [4.78, 5) is 3.24. The van der Waals surface area contributed by atoms with Crippen LogP contribution in [0.1, 0.15) is 29.8 Å². The number of H-pyrrole nitrogens is 1. The lowest BCUT2D eigenvalue weighted by atomic mass is 9.97. The maximum absolute atomic E-state index is 13.7. The Morgan fingerprint density at radius 2 is 2.19 bits per heavy atom. The van der Waals surface area contributed by atoms with Crippen LogP contribution in [0.5, 0.6) is 0 Å². The van der Waals surface area contributed by atoms with Crippen molar-refractivity contribution in [3.8, 4) is 0 Å². The van der Waals surface area contributed by atoms with E-state index in [-0.39, 0.29) is 5.82 Å². The third kappa shape index (κ3) is 1.21. The SMILES string of the molecule is Cc1ccc(F)c2[nH]c3c(c12)C(C)NCC3. The molecule has 2 aromatic rings. The fraction of sp³-hybridized carbons (Fsp3) is 0.385. The van der Waals surface area contributed by atoms with Crippen molar-refractivity contribution in [2.45, 2.75) is 26.3 Å². The maximum Gasteiger partial charge on any atom is 0.147 e. The number of halogens is 1. The Bertz CT molecular complexity index is 557. The van der Waals surface area contributed by atoms with Crippen molar-refractivity contribution in [2.75, 3.05) is 6.54 Å². The van der Waals surface area contributed by atoms with E-state index >= 15 is 0 Å². The molecule has 0 radical (unpaired) electrons. The van der Waals surface area contributed by atoms with Crippen LogP contribution in [0, 0.1) is 12.7 Å². The van der Waals surface area contributed by atoms with E-state index in [2.05, 4.69) is 17.2 Å². The number of hydrogen-bond donors (Lipinski definition) is 2. The Balaban J connectivity index is 2.42. The third-order valence-corrected chi connectivity index (χ3v) is 3.49. The van der Waals surface area contributed by atoms with E-state index in [1.807, 2.05) is 13.0 Å². The predicted octanol–water partition coefficient (Wildman–Crippen LogP) is 2.82. The molecule has 84 valence electrons. The molecule has 1 aromatic heterocycles. The minimum atomic E-state index is -0.151. The summed E-state index contributed by atoms with van der Waals surface area (Å²) in [6.45, 7) is 5.13. The Kier molecular flexibility index (Phi) is 2.04. The zero-order valence-corrected chi connectivity index (χ0v) is 9.52. The van der Waals surface area contributed by atoms with E-state index in [1.54, 1.807) is 0 Å². The Morgan fingerprint density at radius 1 is 1.38 bits per heavy atom. The minimum absolute atomic E-state index is 0.151. The third-order valence-electron chi connectivity index (χ3n) is 3.49. The summed E-state index contributed by atoms with van der Waals surface area (Å²) >= 11 is 0. The fourth-order valence-corrected chi connectivity index (χ4v) is 2.71. The second-order valence-electron chi connectivity index (χ2n) is 4.56. The molecule has 3 heteroatoms. The molecule has 0 fully saturated rings. The summed E-state index contributed by atoms with van der Waals surface area (Å²) in [5, 5.41) is 4.49. The molecule has 0 aliphatic carbocycles. The van der Waals surface area contributed by atoms with Gasteiger partial charge in [-0.05, 0) is 31.0 Å². The molecule has 16 heavy (non-hydrogen) atoms.